The number of carbonyl (C=O) groups excluding carboxylic acids is 1. The lowest BCUT2D eigenvalue weighted by Crippen LogP contribution is -2.11. The number of carbonyl (C=O) groups is 2. The lowest BCUT2D eigenvalue weighted by atomic mass is 10.2. The van der Waals surface area contributed by atoms with Crippen molar-refractivity contribution in [2.75, 3.05) is 0 Å². The molecule has 0 atom stereocenters. The number of aliphatic carboxylic acids is 1. The Labute approximate surface area is 110 Å². The van der Waals surface area contributed by atoms with E-state index in [9.17, 15) is 29.8 Å². The number of nitrogens with zero attached hydrogens (tertiary/aromatic N) is 2. The number of carboxylic acids is 1. The first-order valence-corrected chi connectivity index (χ1v) is 5.17. The maximum atomic E-state index is 11.3. The van der Waals surface area contributed by atoms with Crippen LogP contribution in [-0.4, -0.2) is 26.9 Å². The molecule has 0 aliphatic rings. The first-order chi connectivity index (χ1) is 9.32. The molecular weight excluding hydrogens is 276 g/mol. The molecule has 0 saturated heterocycles. The van der Waals surface area contributed by atoms with Gasteiger partial charge in [-0.25, -0.2) is 0 Å². The topological polar surface area (TPSA) is 150 Å². The van der Waals surface area contributed by atoms with Crippen LogP contribution in [0.1, 0.15) is 12.8 Å². The zero-order valence-corrected chi connectivity index (χ0v) is 9.85. The molecule has 1 aromatic carbocycles. The van der Waals surface area contributed by atoms with E-state index in [2.05, 4.69) is 4.74 Å². The molecule has 10 heteroatoms. The number of nitro benzene ring substituents is 2. The van der Waals surface area contributed by atoms with Gasteiger partial charge in [0.2, 0.25) is 5.75 Å². The minimum Gasteiger partial charge on any atom is -0.481 e. The number of nitro groups is 2. The number of ether oxygens (including phenoxy) is 1. The molecule has 0 spiro atoms. The Bertz CT molecular complexity index is 583. The average Bonchev–Trinajstić information content (AvgIpc) is 2.35. The number of carboxylic acid groups (broad SMARTS) is 1. The number of esters is 1. The van der Waals surface area contributed by atoms with Crippen molar-refractivity contribution in [3.05, 3.63) is 38.4 Å². The van der Waals surface area contributed by atoms with Gasteiger partial charge in [0.1, 0.15) is 0 Å². The number of hydrogen-bond acceptors (Lipinski definition) is 7. The van der Waals surface area contributed by atoms with E-state index in [1.54, 1.807) is 0 Å². The minimum atomic E-state index is -1.24. The van der Waals surface area contributed by atoms with Gasteiger partial charge in [0.25, 0.3) is 0 Å². The van der Waals surface area contributed by atoms with Crippen LogP contribution >= 0.6 is 0 Å². The summed E-state index contributed by atoms with van der Waals surface area (Å²) in [6, 6.07) is 3.03. The largest absolute Gasteiger partial charge is 0.481 e. The number of benzene rings is 1. The molecular formula is C10H8N2O8. The summed E-state index contributed by atoms with van der Waals surface area (Å²) < 4.78 is 4.60. The van der Waals surface area contributed by atoms with Crippen LogP contribution in [0.25, 0.3) is 0 Å². The van der Waals surface area contributed by atoms with Crippen molar-refractivity contribution in [2.45, 2.75) is 12.8 Å². The molecule has 1 aromatic rings. The average molecular weight is 284 g/mol. The van der Waals surface area contributed by atoms with E-state index in [1.165, 1.54) is 0 Å². The number of para-hydroxylation sites is 1. The van der Waals surface area contributed by atoms with Crippen molar-refractivity contribution in [3.63, 3.8) is 0 Å². The zero-order chi connectivity index (χ0) is 15.3. The molecule has 10 nitrogen and oxygen atoms in total. The third-order valence-electron chi connectivity index (χ3n) is 2.12. The van der Waals surface area contributed by atoms with Gasteiger partial charge in [-0.2, -0.15) is 0 Å². The minimum absolute atomic E-state index is 0.505. The van der Waals surface area contributed by atoms with Crippen molar-refractivity contribution in [2.24, 2.45) is 0 Å². The standard InChI is InChI=1S/C10H8N2O8/c13-8(14)4-5-9(15)20-7-3-1-2-6(11(16)17)10(7)12(18)19/h1-3H,4-5H2,(H,13,14). The van der Waals surface area contributed by atoms with E-state index in [-0.39, 0.29) is 0 Å². The molecule has 0 aliphatic carbocycles. The van der Waals surface area contributed by atoms with Gasteiger partial charge in [0, 0.05) is 6.07 Å². The third kappa shape index (κ3) is 3.73. The van der Waals surface area contributed by atoms with E-state index < -0.39 is 51.8 Å². The van der Waals surface area contributed by atoms with Crippen LogP contribution in [0.15, 0.2) is 18.2 Å². The Hall–Kier alpha value is -3.04. The van der Waals surface area contributed by atoms with Gasteiger partial charge in [-0.3, -0.25) is 29.8 Å². The number of rotatable bonds is 6. The zero-order valence-electron chi connectivity index (χ0n) is 9.85. The summed E-state index contributed by atoms with van der Waals surface area (Å²) >= 11 is 0. The van der Waals surface area contributed by atoms with E-state index >= 15 is 0 Å². The molecule has 0 fully saturated rings. The molecule has 0 amide bonds. The summed E-state index contributed by atoms with van der Waals surface area (Å²) in [5.41, 5.74) is -1.78. The molecule has 0 aromatic heterocycles. The Morgan fingerprint density at radius 1 is 1.15 bits per heavy atom. The first-order valence-electron chi connectivity index (χ1n) is 5.17. The molecule has 0 unspecified atom stereocenters. The highest BCUT2D eigenvalue weighted by molar-refractivity contribution is 5.79. The summed E-state index contributed by atoms with van der Waals surface area (Å²) in [7, 11) is 0. The van der Waals surface area contributed by atoms with Crippen molar-refractivity contribution in [1.29, 1.82) is 0 Å². The van der Waals surface area contributed by atoms with Gasteiger partial charge in [0.05, 0.1) is 22.7 Å². The van der Waals surface area contributed by atoms with Gasteiger partial charge >= 0.3 is 23.3 Å². The van der Waals surface area contributed by atoms with E-state index in [4.69, 9.17) is 5.11 Å². The lowest BCUT2D eigenvalue weighted by Gasteiger charge is -2.04. The van der Waals surface area contributed by atoms with Crippen LogP contribution in [0.4, 0.5) is 11.4 Å². The van der Waals surface area contributed by atoms with E-state index in [0.717, 1.165) is 18.2 Å². The monoisotopic (exact) mass is 284 g/mol. The van der Waals surface area contributed by atoms with Crippen molar-refractivity contribution in [1.82, 2.24) is 0 Å². The first kappa shape index (κ1) is 15.0. The number of hydrogen-bond donors (Lipinski definition) is 1. The molecule has 1 N–H and O–H groups in total. The van der Waals surface area contributed by atoms with Gasteiger partial charge in [-0.1, -0.05) is 6.07 Å². The van der Waals surface area contributed by atoms with Crippen molar-refractivity contribution < 1.29 is 29.3 Å². The van der Waals surface area contributed by atoms with Crippen molar-refractivity contribution in [3.8, 4) is 5.75 Å². The Morgan fingerprint density at radius 2 is 1.80 bits per heavy atom. The van der Waals surface area contributed by atoms with E-state index in [0.29, 0.717) is 0 Å². The molecule has 0 bridgehead atoms. The summed E-state index contributed by atoms with van der Waals surface area (Å²) in [6.45, 7) is 0. The highest BCUT2D eigenvalue weighted by Crippen LogP contribution is 2.36. The smallest absolute Gasteiger partial charge is 0.388 e. The predicted octanol–water partition coefficient (Wildman–Crippen LogP) is 1.27. The van der Waals surface area contributed by atoms with Crippen molar-refractivity contribution >= 4 is 23.3 Å². The van der Waals surface area contributed by atoms with Gasteiger partial charge in [-0.15, -0.1) is 0 Å². The molecule has 0 saturated carbocycles. The van der Waals surface area contributed by atoms with Crippen LogP contribution < -0.4 is 4.74 Å². The van der Waals surface area contributed by atoms with Gasteiger partial charge in [-0.05, 0) is 6.07 Å². The molecule has 0 radical (unpaired) electrons. The maximum Gasteiger partial charge on any atom is 0.388 e. The molecule has 1 rings (SSSR count). The van der Waals surface area contributed by atoms with Gasteiger partial charge < -0.3 is 9.84 Å². The fraction of sp³-hybridized carbons (Fsp3) is 0.200. The fourth-order valence-electron chi connectivity index (χ4n) is 1.31. The van der Waals surface area contributed by atoms with Crippen LogP contribution in [0.5, 0.6) is 5.75 Å². The molecule has 0 heterocycles. The summed E-state index contributed by atoms with van der Waals surface area (Å²) in [5, 5.41) is 29.9. The molecule has 0 aliphatic heterocycles. The molecule has 106 valence electrons. The SMILES string of the molecule is O=C(O)CCC(=O)Oc1cccc([N+](=O)[O-])c1[N+](=O)[O-]. The fourth-order valence-corrected chi connectivity index (χ4v) is 1.31. The van der Waals surface area contributed by atoms with Crippen LogP contribution in [-0.2, 0) is 9.59 Å². The lowest BCUT2D eigenvalue weighted by molar-refractivity contribution is -0.423. The normalized spacial score (nSPS) is 9.80. The van der Waals surface area contributed by atoms with E-state index in [1.807, 2.05) is 0 Å². The van der Waals surface area contributed by atoms with Crippen LogP contribution in [0, 0.1) is 20.2 Å². The summed E-state index contributed by atoms with van der Waals surface area (Å²) in [6.07, 6.45) is -1.02. The van der Waals surface area contributed by atoms with Crippen LogP contribution in [0.2, 0.25) is 0 Å². The predicted molar refractivity (Wildman–Crippen MR) is 62.3 cm³/mol. The second kappa shape index (κ2) is 6.22. The highest BCUT2D eigenvalue weighted by Gasteiger charge is 2.30. The summed E-state index contributed by atoms with van der Waals surface area (Å²) in [4.78, 5) is 41.0. The second-order valence-corrected chi connectivity index (χ2v) is 3.51. The Kier molecular flexibility index (Phi) is 4.67. The summed E-state index contributed by atoms with van der Waals surface area (Å²) in [5.74, 6) is -2.87. The third-order valence-corrected chi connectivity index (χ3v) is 2.12. The van der Waals surface area contributed by atoms with Gasteiger partial charge in [0.15, 0.2) is 0 Å². The Morgan fingerprint density at radius 3 is 2.30 bits per heavy atom. The highest BCUT2D eigenvalue weighted by atomic mass is 16.6. The maximum absolute atomic E-state index is 11.3. The molecule has 20 heavy (non-hydrogen) atoms. The second-order valence-electron chi connectivity index (χ2n) is 3.51. The quantitative estimate of drug-likeness (QED) is 0.355. The Balaban J connectivity index is 3.03. The van der Waals surface area contributed by atoms with Crippen LogP contribution in [0.3, 0.4) is 0 Å².